The van der Waals surface area contributed by atoms with Gasteiger partial charge < -0.3 is 15.7 Å². The number of carbonyl (C=O) groups is 2. The molecule has 0 spiro atoms. The topological polar surface area (TPSA) is 91.3 Å². The van der Waals surface area contributed by atoms with Crippen molar-refractivity contribution in [1.29, 1.82) is 0 Å². The normalized spacial score (nSPS) is 11.6. The van der Waals surface area contributed by atoms with Crippen LogP contribution in [0.4, 0.5) is 5.82 Å². The van der Waals surface area contributed by atoms with Crippen LogP contribution >= 0.6 is 0 Å². The van der Waals surface area contributed by atoms with Gasteiger partial charge >= 0.3 is 5.97 Å². The summed E-state index contributed by atoms with van der Waals surface area (Å²) < 4.78 is 0. The van der Waals surface area contributed by atoms with Gasteiger partial charge in [0.25, 0.3) is 0 Å². The molecule has 0 bridgehead atoms. The molecule has 1 unspecified atom stereocenters. The Labute approximate surface area is 92.7 Å². The second-order valence-corrected chi connectivity index (χ2v) is 3.22. The van der Waals surface area contributed by atoms with Crippen molar-refractivity contribution < 1.29 is 14.7 Å². The molecule has 0 aromatic carbocycles. The molecule has 0 radical (unpaired) electrons. The Morgan fingerprint density at radius 1 is 1.50 bits per heavy atom. The molecule has 1 aromatic rings. The minimum Gasteiger partial charge on any atom is -0.478 e. The average Bonchev–Trinajstić information content (AvgIpc) is 2.28. The van der Waals surface area contributed by atoms with Crippen molar-refractivity contribution in [3.05, 3.63) is 23.9 Å². The summed E-state index contributed by atoms with van der Waals surface area (Å²) in [4.78, 5) is 25.8. The van der Waals surface area contributed by atoms with Crippen molar-refractivity contribution >= 4 is 17.7 Å². The molecular weight excluding hydrogens is 210 g/mol. The lowest BCUT2D eigenvalue weighted by molar-refractivity contribution is -0.121. The minimum absolute atomic E-state index is 0.126. The first kappa shape index (κ1) is 12.0. The molecule has 6 heteroatoms. The fraction of sp³-hybridized carbons (Fsp3) is 0.300. The standard InChI is InChI=1S/C10H13N3O3/c1-6(9(14)11-2)13-8-5-7(10(15)16)3-4-12-8/h3-6H,1-2H3,(H,11,14)(H,12,13)(H,15,16). The zero-order chi connectivity index (χ0) is 12.1. The van der Waals surface area contributed by atoms with E-state index in [4.69, 9.17) is 5.11 Å². The summed E-state index contributed by atoms with van der Waals surface area (Å²) in [6.45, 7) is 1.66. The van der Waals surface area contributed by atoms with E-state index in [1.165, 1.54) is 25.4 Å². The Hall–Kier alpha value is -2.11. The Morgan fingerprint density at radius 2 is 2.19 bits per heavy atom. The number of anilines is 1. The lowest BCUT2D eigenvalue weighted by atomic mass is 10.2. The van der Waals surface area contributed by atoms with Crippen molar-refractivity contribution in [2.24, 2.45) is 0 Å². The molecule has 0 aliphatic rings. The lowest BCUT2D eigenvalue weighted by Gasteiger charge is -2.12. The van der Waals surface area contributed by atoms with E-state index in [1.807, 2.05) is 0 Å². The first-order valence-corrected chi connectivity index (χ1v) is 4.72. The van der Waals surface area contributed by atoms with Crippen LogP contribution < -0.4 is 10.6 Å². The summed E-state index contributed by atoms with van der Waals surface area (Å²) in [5, 5.41) is 14.0. The van der Waals surface area contributed by atoms with Gasteiger partial charge in [-0.25, -0.2) is 9.78 Å². The van der Waals surface area contributed by atoms with Crippen molar-refractivity contribution in [3.63, 3.8) is 0 Å². The summed E-state index contributed by atoms with van der Waals surface area (Å²) in [5.74, 6) is -0.864. The molecule has 16 heavy (non-hydrogen) atoms. The molecule has 0 fully saturated rings. The van der Waals surface area contributed by atoms with E-state index >= 15 is 0 Å². The van der Waals surface area contributed by atoms with Crippen LogP contribution in [0.5, 0.6) is 0 Å². The molecule has 0 saturated heterocycles. The number of pyridine rings is 1. The maximum atomic E-state index is 11.2. The number of carbonyl (C=O) groups excluding carboxylic acids is 1. The van der Waals surface area contributed by atoms with Gasteiger partial charge in [-0.3, -0.25) is 4.79 Å². The van der Waals surface area contributed by atoms with Crippen molar-refractivity contribution in [1.82, 2.24) is 10.3 Å². The third-order valence-corrected chi connectivity index (χ3v) is 2.01. The zero-order valence-corrected chi connectivity index (χ0v) is 9.02. The largest absolute Gasteiger partial charge is 0.478 e. The monoisotopic (exact) mass is 223 g/mol. The van der Waals surface area contributed by atoms with Crippen molar-refractivity contribution in [2.45, 2.75) is 13.0 Å². The Morgan fingerprint density at radius 3 is 2.75 bits per heavy atom. The molecular formula is C10H13N3O3. The molecule has 0 saturated carbocycles. The van der Waals surface area contributed by atoms with Crippen LogP contribution in [0.1, 0.15) is 17.3 Å². The number of hydrogen-bond donors (Lipinski definition) is 3. The highest BCUT2D eigenvalue weighted by Gasteiger charge is 2.11. The molecule has 1 aromatic heterocycles. The number of likely N-dealkylation sites (N-methyl/N-ethyl adjacent to an activating group) is 1. The smallest absolute Gasteiger partial charge is 0.335 e. The molecule has 0 aliphatic carbocycles. The van der Waals surface area contributed by atoms with E-state index in [-0.39, 0.29) is 11.5 Å². The van der Waals surface area contributed by atoms with Gasteiger partial charge in [-0.15, -0.1) is 0 Å². The van der Waals surface area contributed by atoms with Crippen LogP contribution in [-0.4, -0.2) is 35.1 Å². The van der Waals surface area contributed by atoms with Gasteiger partial charge in [0.1, 0.15) is 11.9 Å². The van der Waals surface area contributed by atoms with E-state index in [0.29, 0.717) is 5.82 Å². The van der Waals surface area contributed by atoms with Crippen molar-refractivity contribution in [2.75, 3.05) is 12.4 Å². The number of nitrogens with one attached hydrogen (secondary N) is 2. The van der Waals surface area contributed by atoms with Crippen LogP contribution in [0, 0.1) is 0 Å². The van der Waals surface area contributed by atoms with E-state index in [2.05, 4.69) is 15.6 Å². The molecule has 1 atom stereocenters. The fourth-order valence-corrected chi connectivity index (χ4v) is 1.15. The summed E-state index contributed by atoms with van der Waals surface area (Å²) >= 11 is 0. The van der Waals surface area contributed by atoms with Crippen LogP contribution in [-0.2, 0) is 4.79 Å². The van der Waals surface area contributed by atoms with Gasteiger partial charge in [-0.05, 0) is 19.1 Å². The van der Waals surface area contributed by atoms with Gasteiger partial charge in [0.15, 0.2) is 0 Å². The first-order chi connectivity index (χ1) is 7.54. The van der Waals surface area contributed by atoms with Gasteiger partial charge in [-0.2, -0.15) is 0 Å². The van der Waals surface area contributed by atoms with Gasteiger partial charge in [0.05, 0.1) is 5.56 Å². The number of nitrogens with zero attached hydrogens (tertiary/aromatic N) is 1. The number of carboxylic acids is 1. The Bertz CT molecular complexity index is 406. The van der Waals surface area contributed by atoms with Gasteiger partial charge in [-0.1, -0.05) is 0 Å². The quantitative estimate of drug-likeness (QED) is 0.684. The third kappa shape index (κ3) is 2.94. The SMILES string of the molecule is CNC(=O)C(C)Nc1cc(C(=O)O)ccn1. The van der Waals surface area contributed by atoms with Gasteiger partial charge in [0, 0.05) is 13.2 Å². The molecule has 0 aliphatic heterocycles. The van der Waals surface area contributed by atoms with E-state index in [9.17, 15) is 9.59 Å². The minimum atomic E-state index is -1.03. The average molecular weight is 223 g/mol. The molecule has 86 valence electrons. The summed E-state index contributed by atoms with van der Waals surface area (Å²) in [5.41, 5.74) is 0.126. The Kier molecular flexibility index (Phi) is 3.82. The summed E-state index contributed by atoms with van der Waals surface area (Å²) in [6.07, 6.45) is 1.38. The molecule has 6 nitrogen and oxygen atoms in total. The molecule has 1 amide bonds. The van der Waals surface area contributed by atoms with Gasteiger partial charge in [0.2, 0.25) is 5.91 Å². The maximum Gasteiger partial charge on any atom is 0.335 e. The fourth-order valence-electron chi connectivity index (χ4n) is 1.15. The van der Waals surface area contributed by atoms with E-state index < -0.39 is 12.0 Å². The number of aromatic nitrogens is 1. The highest BCUT2D eigenvalue weighted by atomic mass is 16.4. The number of amides is 1. The third-order valence-electron chi connectivity index (χ3n) is 2.01. The summed E-state index contributed by atoms with van der Waals surface area (Å²) in [7, 11) is 1.53. The maximum absolute atomic E-state index is 11.2. The van der Waals surface area contributed by atoms with Crippen LogP contribution in [0.2, 0.25) is 0 Å². The van der Waals surface area contributed by atoms with Crippen LogP contribution in [0.25, 0.3) is 0 Å². The predicted octanol–water partition coefficient (Wildman–Crippen LogP) is 0.326. The number of carboxylic acid groups (broad SMARTS) is 1. The lowest BCUT2D eigenvalue weighted by Crippen LogP contribution is -2.35. The van der Waals surface area contributed by atoms with Crippen LogP contribution in [0.3, 0.4) is 0 Å². The van der Waals surface area contributed by atoms with Crippen molar-refractivity contribution in [3.8, 4) is 0 Å². The predicted molar refractivity (Wildman–Crippen MR) is 58.3 cm³/mol. The number of rotatable bonds is 4. The van der Waals surface area contributed by atoms with E-state index in [1.54, 1.807) is 6.92 Å². The molecule has 1 heterocycles. The first-order valence-electron chi connectivity index (χ1n) is 4.72. The molecule has 1 rings (SSSR count). The Balaban J connectivity index is 2.78. The second kappa shape index (κ2) is 5.11. The van der Waals surface area contributed by atoms with E-state index in [0.717, 1.165) is 0 Å². The molecule has 3 N–H and O–H groups in total. The highest BCUT2D eigenvalue weighted by molar-refractivity contribution is 5.89. The second-order valence-electron chi connectivity index (χ2n) is 3.22. The zero-order valence-electron chi connectivity index (χ0n) is 9.02. The van der Waals surface area contributed by atoms with Crippen LogP contribution in [0.15, 0.2) is 18.3 Å². The number of aromatic carboxylic acids is 1. The number of hydrogen-bond acceptors (Lipinski definition) is 4. The summed E-state index contributed by atoms with van der Waals surface area (Å²) in [6, 6.07) is 2.29. The highest BCUT2D eigenvalue weighted by Crippen LogP contribution is 2.08.